The smallest absolute Gasteiger partial charge is 0.0547 e. The zero-order chi connectivity index (χ0) is 49.4. The van der Waals surface area contributed by atoms with Gasteiger partial charge in [0.25, 0.3) is 0 Å². The first-order valence-corrected chi connectivity index (χ1v) is 25.8. The normalized spacial score (nSPS) is 11.7. The van der Waals surface area contributed by atoms with Gasteiger partial charge in [0.2, 0.25) is 0 Å². The molecule has 15 rings (SSSR count). The van der Waals surface area contributed by atoms with Crippen LogP contribution in [0.2, 0.25) is 0 Å². The van der Waals surface area contributed by atoms with E-state index in [2.05, 4.69) is 299 Å². The van der Waals surface area contributed by atoms with Crippen LogP contribution in [0, 0.1) is 0 Å². The van der Waals surface area contributed by atoms with Crippen LogP contribution in [0.15, 0.2) is 285 Å². The van der Waals surface area contributed by atoms with E-state index < -0.39 is 0 Å². The third-order valence-corrected chi connectivity index (χ3v) is 15.4. The molecular weight excluding hydrogens is 907 g/mol. The summed E-state index contributed by atoms with van der Waals surface area (Å²) in [6.45, 7) is 0. The Morgan fingerprint density at radius 2 is 0.640 bits per heavy atom. The van der Waals surface area contributed by atoms with E-state index in [1.54, 1.807) is 0 Å². The number of hydrogen-bond donors (Lipinski definition) is 0. The van der Waals surface area contributed by atoms with E-state index in [-0.39, 0.29) is 0 Å². The molecule has 0 unspecified atom stereocenters. The summed E-state index contributed by atoms with van der Waals surface area (Å²) in [5.41, 5.74) is 12.5. The van der Waals surface area contributed by atoms with Crippen molar-refractivity contribution in [2.45, 2.75) is 0 Å². The molecule has 15 aromatic rings. The van der Waals surface area contributed by atoms with E-state index >= 15 is 0 Å². The number of hydrogen-bond acceptors (Lipinski definition) is 2. The molecule has 0 saturated heterocycles. The molecule has 0 fully saturated rings. The number of para-hydroxylation sites is 4. The minimum absolute atomic E-state index is 1.09. The van der Waals surface area contributed by atoms with Crippen molar-refractivity contribution >= 4 is 121 Å². The molecule has 3 nitrogen and oxygen atoms in total. The minimum Gasteiger partial charge on any atom is -0.310 e. The Hall–Kier alpha value is -9.96. The molecule has 0 N–H and O–H groups in total. The molecule has 0 aliphatic carbocycles. The Bertz CT molecular complexity index is 4620. The van der Waals surface area contributed by atoms with Crippen molar-refractivity contribution in [1.29, 1.82) is 0 Å². The van der Waals surface area contributed by atoms with E-state index in [1.807, 2.05) is 0 Å². The predicted octanol–water partition coefficient (Wildman–Crippen LogP) is 20.3. The summed E-state index contributed by atoms with van der Waals surface area (Å²) in [6, 6.07) is 105. The fourth-order valence-electron chi connectivity index (χ4n) is 11.9. The molecule has 0 bridgehead atoms. The first kappa shape index (κ1) is 42.7. The van der Waals surface area contributed by atoms with Gasteiger partial charge in [0, 0.05) is 50.6 Å². The highest BCUT2D eigenvalue weighted by molar-refractivity contribution is 6.31. The quantitative estimate of drug-likeness (QED) is 0.111. The van der Waals surface area contributed by atoms with Crippen molar-refractivity contribution in [3.05, 3.63) is 285 Å². The first-order valence-electron chi connectivity index (χ1n) is 25.8. The highest BCUT2D eigenvalue weighted by Crippen LogP contribution is 2.47. The second-order valence-electron chi connectivity index (χ2n) is 19.7. The van der Waals surface area contributed by atoms with Crippen LogP contribution in [0.25, 0.3) is 103 Å². The van der Waals surface area contributed by atoms with Gasteiger partial charge >= 0.3 is 0 Å². The summed E-state index contributed by atoms with van der Waals surface area (Å²) in [5, 5.41) is 17.1. The summed E-state index contributed by atoms with van der Waals surface area (Å²) in [4.78, 5) is 4.74. The van der Waals surface area contributed by atoms with Crippen LogP contribution in [0.1, 0.15) is 0 Å². The summed E-state index contributed by atoms with van der Waals surface area (Å²) in [5.74, 6) is 0. The lowest BCUT2D eigenvalue weighted by Crippen LogP contribution is -2.10. The van der Waals surface area contributed by atoms with E-state index in [4.69, 9.17) is 0 Å². The first-order chi connectivity index (χ1) is 37.2. The molecule has 0 aliphatic heterocycles. The summed E-state index contributed by atoms with van der Waals surface area (Å²) >= 11 is 0. The molecule has 1 aromatic heterocycles. The van der Waals surface area contributed by atoms with Gasteiger partial charge in [-0.3, -0.25) is 0 Å². The van der Waals surface area contributed by atoms with Crippen LogP contribution >= 0.6 is 0 Å². The third-order valence-electron chi connectivity index (χ3n) is 15.4. The average Bonchev–Trinajstić information content (AvgIpc) is 3.93. The standard InChI is InChI=1S/C72H47N3/c1-5-21-55(22-6-1)73(56-23-7-2-8-24-56)60-35-37-62-65-44-54-33-40-71-72(64(54)47-68(65)63-38-36-61(46-67(63)66(62)45-60)74(57-25-9-3-10-26-57)58-27-11-4-12-28-58)69-43-53(52-30-29-48-17-13-15-19-50(48)41-52)32-39-70(69)75(71)59-34-31-49-18-14-16-20-51(49)42-59/h1-47H. The molecule has 350 valence electrons. The van der Waals surface area contributed by atoms with E-state index in [0.29, 0.717) is 0 Å². The fourth-order valence-corrected chi connectivity index (χ4v) is 11.9. The molecule has 0 amide bonds. The SMILES string of the molecule is c1ccc(N(c2ccccc2)c2ccc3c(c2)c2cc(N(c4ccccc4)c4ccccc4)ccc2c2cc4c(ccc5c4c4cc(-c6ccc7ccccc7c6)ccc4n5-c4ccc5ccccc5c4)cc32)cc1. The Labute approximate surface area is 434 Å². The maximum Gasteiger partial charge on any atom is 0.0547 e. The molecule has 0 radical (unpaired) electrons. The second-order valence-corrected chi connectivity index (χ2v) is 19.7. The van der Waals surface area contributed by atoms with Crippen LogP contribution in [-0.2, 0) is 0 Å². The van der Waals surface area contributed by atoms with Crippen molar-refractivity contribution < 1.29 is 0 Å². The van der Waals surface area contributed by atoms with Crippen LogP contribution in [0.4, 0.5) is 34.1 Å². The molecule has 0 aliphatic rings. The van der Waals surface area contributed by atoms with E-state index in [0.717, 1.165) is 39.8 Å². The Kier molecular flexibility index (Phi) is 9.89. The zero-order valence-electron chi connectivity index (χ0n) is 41.0. The van der Waals surface area contributed by atoms with Crippen LogP contribution < -0.4 is 9.80 Å². The van der Waals surface area contributed by atoms with Gasteiger partial charge in [0.05, 0.1) is 11.0 Å². The lowest BCUT2D eigenvalue weighted by molar-refractivity contribution is 1.19. The zero-order valence-corrected chi connectivity index (χ0v) is 41.0. The Morgan fingerprint density at radius 3 is 1.20 bits per heavy atom. The van der Waals surface area contributed by atoms with Crippen molar-refractivity contribution in [2.75, 3.05) is 9.80 Å². The van der Waals surface area contributed by atoms with Gasteiger partial charge in [-0.25, -0.2) is 0 Å². The lowest BCUT2D eigenvalue weighted by Gasteiger charge is -2.27. The maximum absolute atomic E-state index is 2.50. The highest BCUT2D eigenvalue weighted by atomic mass is 15.1. The van der Waals surface area contributed by atoms with Crippen LogP contribution in [0.5, 0.6) is 0 Å². The number of aromatic nitrogens is 1. The maximum atomic E-state index is 2.50. The minimum atomic E-state index is 1.09. The average molecular weight is 954 g/mol. The lowest BCUT2D eigenvalue weighted by atomic mass is 9.90. The molecule has 14 aromatic carbocycles. The third kappa shape index (κ3) is 7.12. The van der Waals surface area contributed by atoms with Crippen molar-refractivity contribution in [1.82, 2.24) is 4.57 Å². The topological polar surface area (TPSA) is 11.4 Å². The van der Waals surface area contributed by atoms with E-state index in [1.165, 1.54) is 97.6 Å². The monoisotopic (exact) mass is 953 g/mol. The predicted molar refractivity (Wildman–Crippen MR) is 321 cm³/mol. The number of anilines is 6. The number of benzene rings is 14. The van der Waals surface area contributed by atoms with Crippen LogP contribution in [0.3, 0.4) is 0 Å². The molecule has 1 heterocycles. The second kappa shape index (κ2) is 17.4. The van der Waals surface area contributed by atoms with Crippen LogP contribution in [-0.4, -0.2) is 4.57 Å². The van der Waals surface area contributed by atoms with E-state index in [9.17, 15) is 0 Å². The number of fused-ring (bicyclic) bond motifs is 13. The summed E-state index contributed by atoms with van der Waals surface area (Å²) in [7, 11) is 0. The molecule has 75 heavy (non-hydrogen) atoms. The van der Waals surface area contributed by atoms with Gasteiger partial charge < -0.3 is 14.4 Å². The van der Waals surface area contributed by atoms with Gasteiger partial charge in [0.15, 0.2) is 0 Å². The van der Waals surface area contributed by atoms with Gasteiger partial charge in [-0.1, -0.05) is 164 Å². The highest BCUT2D eigenvalue weighted by Gasteiger charge is 2.21. The molecule has 0 spiro atoms. The summed E-state index contributed by atoms with van der Waals surface area (Å²) < 4.78 is 2.48. The Morgan fingerprint density at radius 1 is 0.213 bits per heavy atom. The molecule has 0 atom stereocenters. The fraction of sp³-hybridized carbons (Fsp3) is 0. The molecule has 3 heteroatoms. The van der Waals surface area contributed by atoms with Crippen molar-refractivity contribution in [3.63, 3.8) is 0 Å². The summed E-state index contributed by atoms with van der Waals surface area (Å²) in [6.07, 6.45) is 0. The van der Waals surface area contributed by atoms with Crippen molar-refractivity contribution in [2.24, 2.45) is 0 Å². The number of nitrogens with zero attached hydrogens (tertiary/aromatic N) is 3. The van der Waals surface area contributed by atoms with Crippen molar-refractivity contribution in [3.8, 4) is 16.8 Å². The largest absolute Gasteiger partial charge is 0.310 e. The number of rotatable bonds is 8. The van der Waals surface area contributed by atoms with Gasteiger partial charge in [0.1, 0.15) is 0 Å². The van der Waals surface area contributed by atoms with Gasteiger partial charge in [-0.15, -0.1) is 0 Å². The molecular formula is C72H47N3. The Balaban J connectivity index is 1.03. The van der Waals surface area contributed by atoms with Gasteiger partial charge in [-0.2, -0.15) is 0 Å². The van der Waals surface area contributed by atoms with Gasteiger partial charge in [-0.05, 0) is 197 Å². The molecule has 0 saturated carbocycles.